The van der Waals surface area contributed by atoms with E-state index in [1.165, 1.54) is 0 Å². The van der Waals surface area contributed by atoms with E-state index in [-0.39, 0.29) is 35.9 Å². The Balaban J connectivity index is 1.51. The number of Topliss-reactive ketones (excluding diaryl/α,β-unsaturated/α-hetero) is 1. The van der Waals surface area contributed by atoms with E-state index >= 15 is 0 Å². The van der Waals surface area contributed by atoms with Crippen molar-refractivity contribution in [2.75, 3.05) is 18.1 Å². The summed E-state index contributed by atoms with van der Waals surface area (Å²) < 4.78 is 31.4. The van der Waals surface area contributed by atoms with Crippen molar-refractivity contribution in [3.8, 4) is 0 Å². The Labute approximate surface area is 200 Å². The molecule has 0 unspecified atom stereocenters. The minimum Gasteiger partial charge on any atom is -0.457 e. The number of hydrogen-bond acceptors (Lipinski definition) is 5. The molecule has 1 saturated heterocycles. The maximum Gasteiger partial charge on any atom is 0.317 e. The van der Waals surface area contributed by atoms with E-state index < -0.39 is 15.3 Å². The van der Waals surface area contributed by atoms with Crippen LogP contribution in [0.2, 0.25) is 5.02 Å². The molecule has 2 aliphatic rings. The van der Waals surface area contributed by atoms with Gasteiger partial charge in [-0.1, -0.05) is 43.0 Å². The molecule has 1 aromatic carbocycles. The van der Waals surface area contributed by atoms with E-state index in [0.29, 0.717) is 29.8 Å². The Morgan fingerprint density at radius 3 is 2.52 bits per heavy atom. The van der Waals surface area contributed by atoms with Crippen molar-refractivity contribution >= 4 is 33.2 Å². The number of carbonyl (C=O) groups excluding carboxylic acids is 2. The smallest absolute Gasteiger partial charge is 0.317 e. The van der Waals surface area contributed by atoms with E-state index in [4.69, 9.17) is 16.3 Å². The van der Waals surface area contributed by atoms with Crippen molar-refractivity contribution in [2.45, 2.75) is 63.8 Å². The maximum atomic E-state index is 13.3. The highest BCUT2D eigenvalue weighted by molar-refractivity contribution is 7.91. The summed E-state index contributed by atoms with van der Waals surface area (Å²) >= 11 is 6.20. The van der Waals surface area contributed by atoms with Crippen LogP contribution in [-0.4, -0.2) is 42.9 Å². The van der Waals surface area contributed by atoms with Gasteiger partial charge in [-0.25, -0.2) is 8.42 Å². The number of aryl methyl sites for hydroxylation is 1. The van der Waals surface area contributed by atoms with Gasteiger partial charge in [-0.3, -0.25) is 9.59 Å². The van der Waals surface area contributed by atoms with Gasteiger partial charge in [0.15, 0.2) is 16.4 Å². The van der Waals surface area contributed by atoms with Crippen molar-refractivity contribution < 1.29 is 22.7 Å². The Kier molecular flexibility index (Phi) is 6.74. The molecule has 0 spiro atoms. The number of ether oxygens (including phenoxy) is 1. The van der Waals surface area contributed by atoms with Crippen molar-refractivity contribution in [3.05, 3.63) is 57.9 Å². The van der Waals surface area contributed by atoms with E-state index in [2.05, 4.69) is 0 Å². The molecule has 2 fully saturated rings. The molecule has 1 aromatic heterocycles. The zero-order valence-corrected chi connectivity index (χ0v) is 20.7. The maximum absolute atomic E-state index is 13.3. The van der Waals surface area contributed by atoms with Crippen LogP contribution in [0.5, 0.6) is 0 Å². The quantitative estimate of drug-likeness (QED) is 0.430. The molecule has 4 rings (SSSR count). The van der Waals surface area contributed by atoms with Gasteiger partial charge in [0.2, 0.25) is 5.78 Å². The van der Waals surface area contributed by atoms with Crippen LogP contribution in [0, 0.1) is 13.8 Å². The van der Waals surface area contributed by atoms with Crippen LogP contribution in [0.25, 0.3) is 0 Å². The monoisotopic (exact) mass is 491 g/mol. The van der Waals surface area contributed by atoms with Crippen LogP contribution in [-0.2, 0) is 24.8 Å². The van der Waals surface area contributed by atoms with E-state index in [9.17, 15) is 18.0 Å². The van der Waals surface area contributed by atoms with Crippen LogP contribution in [0.1, 0.15) is 71.9 Å². The SMILES string of the molecule is Cc1cc(C(=O)COC(=O)C2(c3cccc(Cl)c3)CCCCC2)c(C)n1[C@@H]1CCS(=O)(=O)C1. The molecule has 2 heterocycles. The Hall–Kier alpha value is -2.12. The standard InChI is InChI=1S/C25H30ClNO5S/c1-17-13-22(18(2)27(17)21-9-12-33(30,31)16-21)23(28)15-32-24(29)25(10-4-3-5-11-25)19-7-6-8-20(26)14-19/h6-8,13-14,21H,3-5,9-12,15-16H2,1-2H3/t21-/m1/s1. The number of nitrogens with zero attached hydrogens (tertiary/aromatic N) is 1. The largest absolute Gasteiger partial charge is 0.457 e. The van der Waals surface area contributed by atoms with E-state index in [1.54, 1.807) is 12.1 Å². The number of benzene rings is 1. The van der Waals surface area contributed by atoms with Crippen LogP contribution >= 0.6 is 11.6 Å². The molecule has 2 aromatic rings. The minimum absolute atomic E-state index is 0.0914. The Morgan fingerprint density at radius 2 is 1.88 bits per heavy atom. The number of aromatic nitrogens is 1. The second kappa shape index (κ2) is 9.26. The lowest BCUT2D eigenvalue weighted by atomic mass is 9.69. The molecular weight excluding hydrogens is 462 g/mol. The number of rotatable bonds is 6. The van der Waals surface area contributed by atoms with Gasteiger partial charge in [0.1, 0.15) is 0 Å². The van der Waals surface area contributed by atoms with Gasteiger partial charge in [0, 0.05) is 28.0 Å². The molecule has 0 bridgehead atoms. The highest BCUT2D eigenvalue weighted by Crippen LogP contribution is 2.41. The zero-order chi connectivity index (χ0) is 23.8. The average Bonchev–Trinajstić information content (AvgIpc) is 3.29. The predicted octanol–water partition coefficient (Wildman–Crippen LogP) is 4.75. The highest BCUT2D eigenvalue weighted by atomic mass is 35.5. The molecular formula is C25H30ClNO5S. The molecule has 178 valence electrons. The lowest BCUT2D eigenvalue weighted by Crippen LogP contribution is -2.40. The first-order valence-electron chi connectivity index (χ1n) is 11.5. The van der Waals surface area contributed by atoms with Crippen molar-refractivity contribution in [3.63, 3.8) is 0 Å². The second-order valence-corrected chi connectivity index (χ2v) is 12.0. The van der Waals surface area contributed by atoms with Crippen LogP contribution in [0.3, 0.4) is 0 Å². The molecule has 8 heteroatoms. The second-order valence-electron chi connectivity index (χ2n) is 9.36. The fourth-order valence-electron chi connectivity index (χ4n) is 5.50. The fraction of sp³-hybridized carbons (Fsp3) is 0.520. The number of halogens is 1. The third-order valence-corrected chi connectivity index (χ3v) is 9.15. The average molecular weight is 492 g/mol. The first kappa shape index (κ1) is 24.0. The van der Waals surface area contributed by atoms with Gasteiger partial charge in [-0.2, -0.15) is 0 Å². The topological polar surface area (TPSA) is 82.4 Å². The minimum atomic E-state index is -3.04. The zero-order valence-electron chi connectivity index (χ0n) is 19.1. The lowest BCUT2D eigenvalue weighted by molar-refractivity contribution is -0.151. The highest BCUT2D eigenvalue weighted by Gasteiger charge is 2.43. The summed E-state index contributed by atoms with van der Waals surface area (Å²) in [5.74, 6) is -0.399. The van der Waals surface area contributed by atoms with E-state index in [0.717, 1.165) is 36.2 Å². The summed E-state index contributed by atoms with van der Waals surface area (Å²) in [6.45, 7) is 3.35. The predicted molar refractivity (Wildman–Crippen MR) is 128 cm³/mol. The van der Waals surface area contributed by atoms with Crippen LogP contribution < -0.4 is 0 Å². The molecule has 1 saturated carbocycles. The van der Waals surface area contributed by atoms with Gasteiger partial charge < -0.3 is 9.30 Å². The summed E-state index contributed by atoms with van der Waals surface area (Å²) in [5, 5.41) is 0.572. The Bertz CT molecular complexity index is 1180. The first-order valence-corrected chi connectivity index (χ1v) is 13.7. The first-order chi connectivity index (χ1) is 15.6. The molecule has 0 radical (unpaired) electrons. The number of hydrogen-bond donors (Lipinski definition) is 0. The van der Waals surface area contributed by atoms with Crippen LogP contribution in [0.4, 0.5) is 0 Å². The number of sulfone groups is 1. The molecule has 1 aliphatic heterocycles. The summed E-state index contributed by atoms with van der Waals surface area (Å²) in [7, 11) is -3.04. The van der Waals surface area contributed by atoms with Crippen molar-refractivity contribution in [2.24, 2.45) is 0 Å². The Morgan fingerprint density at radius 1 is 1.15 bits per heavy atom. The number of esters is 1. The lowest BCUT2D eigenvalue weighted by Gasteiger charge is -2.35. The fourth-order valence-corrected chi connectivity index (χ4v) is 7.39. The van der Waals surface area contributed by atoms with Gasteiger partial charge in [-0.05, 0) is 56.9 Å². The third-order valence-electron chi connectivity index (χ3n) is 7.17. The van der Waals surface area contributed by atoms with Crippen LogP contribution in [0.15, 0.2) is 30.3 Å². The van der Waals surface area contributed by atoms with Crippen molar-refractivity contribution in [1.29, 1.82) is 0 Å². The number of ketones is 1. The molecule has 1 aliphatic carbocycles. The summed E-state index contributed by atoms with van der Waals surface area (Å²) in [6, 6.07) is 8.95. The van der Waals surface area contributed by atoms with Gasteiger partial charge in [-0.15, -0.1) is 0 Å². The summed E-state index contributed by atoms with van der Waals surface area (Å²) in [4.78, 5) is 26.3. The van der Waals surface area contributed by atoms with Crippen molar-refractivity contribution in [1.82, 2.24) is 4.57 Å². The molecule has 33 heavy (non-hydrogen) atoms. The molecule has 0 N–H and O–H groups in total. The van der Waals surface area contributed by atoms with Gasteiger partial charge in [0.25, 0.3) is 0 Å². The molecule has 1 atom stereocenters. The molecule has 0 amide bonds. The molecule has 6 nitrogen and oxygen atoms in total. The van der Waals surface area contributed by atoms with Gasteiger partial charge >= 0.3 is 5.97 Å². The van der Waals surface area contributed by atoms with E-state index in [1.807, 2.05) is 36.6 Å². The number of carbonyl (C=O) groups is 2. The third kappa shape index (κ3) is 4.76. The summed E-state index contributed by atoms with van der Waals surface area (Å²) in [6.07, 6.45) is 4.79. The van der Waals surface area contributed by atoms with Gasteiger partial charge in [0.05, 0.1) is 16.9 Å². The normalized spacial score (nSPS) is 21.6. The summed E-state index contributed by atoms with van der Waals surface area (Å²) in [5.41, 5.74) is 2.10.